The van der Waals surface area contributed by atoms with Gasteiger partial charge in [0.2, 0.25) is 0 Å². The summed E-state index contributed by atoms with van der Waals surface area (Å²) in [6, 6.07) is 8.34. The third-order valence-corrected chi connectivity index (χ3v) is 6.17. The van der Waals surface area contributed by atoms with E-state index in [0.29, 0.717) is 10.6 Å². The standard InChI is InChI=1S/C22H32N4O3/c1-22(2,3)26(25-21(27)28)12-5-6-17(10-13-26)24-15-16-9-11-23-20-8-7-18(29-4)14-19(16)20/h7-9,11,14,17,24-25H,5-6,10,12-13,15H2,1-4H3/p+1. The summed E-state index contributed by atoms with van der Waals surface area (Å²) in [7, 11) is 1.67. The fourth-order valence-corrected chi connectivity index (χ4v) is 4.30. The first-order valence-corrected chi connectivity index (χ1v) is 10.3. The van der Waals surface area contributed by atoms with Crippen LogP contribution in [0.2, 0.25) is 0 Å². The first-order valence-electron chi connectivity index (χ1n) is 10.3. The van der Waals surface area contributed by atoms with Gasteiger partial charge in [-0.25, -0.2) is 9.39 Å². The number of aromatic nitrogens is 1. The van der Waals surface area contributed by atoms with Gasteiger partial charge in [0.05, 0.1) is 12.6 Å². The molecule has 0 radical (unpaired) electrons. The van der Waals surface area contributed by atoms with E-state index in [1.54, 1.807) is 7.11 Å². The number of quaternary nitrogens is 1. The van der Waals surface area contributed by atoms with E-state index in [4.69, 9.17) is 4.74 Å². The highest BCUT2D eigenvalue weighted by Gasteiger charge is 2.44. The summed E-state index contributed by atoms with van der Waals surface area (Å²) in [6.45, 7) is 8.65. The molecule has 0 saturated carbocycles. The number of amides is 1. The van der Waals surface area contributed by atoms with Crippen LogP contribution in [0.3, 0.4) is 0 Å². The highest BCUT2D eigenvalue weighted by molar-refractivity contribution is 5.83. The summed E-state index contributed by atoms with van der Waals surface area (Å²) in [5, 5.41) is 14.2. The van der Waals surface area contributed by atoms with Crippen LogP contribution in [0.5, 0.6) is 5.75 Å². The minimum Gasteiger partial charge on any atom is -0.497 e. The SMILES string of the molecule is COc1ccc2nccc(CNC3CCC[N+](NC(=O)O)(C(C)(C)C)CC3)c2c1. The molecule has 7 heteroatoms. The molecule has 2 aromatic rings. The van der Waals surface area contributed by atoms with Crippen molar-refractivity contribution < 1.29 is 19.2 Å². The molecule has 3 rings (SSSR count). The number of nitrogens with one attached hydrogen (secondary N) is 2. The van der Waals surface area contributed by atoms with Crippen molar-refractivity contribution in [3.05, 3.63) is 36.0 Å². The van der Waals surface area contributed by atoms with Gasteiger partial charge in [0.1, 0.15) is 24.4 Å². The summed E-state index contributed by atoms with van der Waals surface area (Å²) < 4.78 is 5.77. The summed E-state index contributed by atoms with van der Waals surface area (Å²) >= 11 is 0. The molecule has 2 heterocycles. The first kappa shape index (κ1) is 21.3. The van der Waals surface area contributed by atoms with E-state index in [9.17, 15) is 9.90 Å². The molecule has 0 spiro atoms. The minimum absolute atomic E-state index is 0.189. The topological polar surface area (TPSA) is 83.5 Å². The van der Waals surface area contributed by atoms with Crippen LogP contribution in [0, 0.1) is 0 Å². The maximum Gasteiger partial charge on any atom is 0.449 e. The number of rotatable bonds is 5. The van der Waals surface area contributed by atoms with E-state index in [-0.39, 0.29) is 5.54 Å². The van der Waals surface area contributed by atoms with Crippen molar-refractivity contribution in [1.29, 1.82) is 0 Å². The van der Waals surface area contributed by atoms with Crippen LogP contribution in [0.4, 0.5) is 4.79 Å². The number of methoxy groups -OCH3 is 1. The highest BCUT2D eigenvalue weighted by Crippen LogP contribution is 2.28. The molecule has 1 aliphatic rings. The average Bonchev–Trinajstić information content (AvgIpc) is 2.88. The summed E-state index contributed by atoms with van der Waals surface area (Å²) in [5.41, 5.74) is 4.77. The van der Waals surface area contributed by atoms with Crippen LogP contribution in [0.1, 0.15) is 45.6 Å². The fraction of sp³-hybridized carbons (Fsp3) is 0.545. The predicted molar refractivity (Wildman–Crippen MR) is 114 cm³/mol. The molecule has 2 atom stereocenters. The predicted octanol–water partition coefficient (Wildman–Crippen LogP) is 3.68. The molecule has 3 N–H and O–H groups in total. The molecule has 158 valence electrons. The van der Waals surface area contributed by atoms with E-state index >= 15 is 0 Å². The number of benzene rings is 1. The zero-order valence-corrected chi connectivity index (χ0v) is 17.9. The third-order valence-electron chi connectivity index (χ3n) is 6.17. The molecule has 0 bridgehead atoms. The highest BCUT2D eigenvalue weighted by atomic mass is 16.5. The Morgan fingerprint density at radius 2 is 2.07 bits per heavy atom. The zero-order valence-electron chi connectivity index (χ0n) is 17.9. The Kier molecular flexibility index (Phi) is 6.29. The fourth-order valence-electron chi connectivity index (χ4n) is 4.30. The van der Waals surface area contributed by atoms with Gasteiger partial charge in [-0.2, -0.15) is 5.43 Å². The summed E-state index contributed by atoms with van der Waals surface area (Å²) in [4.78, 5) is 15.9. The van der Waals surface area contributed by atoms with E-state index in [1.807, 2.05) is 30.5 Å². The second kappa shape index (κ2) is 8.55. The monoisotopic (exact) mass is 401 g/mol. The number of carbonyl (C=O) groups is 1. The molecule has 7 nitrogen and oxygen atoms in total. The molecule has 1 aliphatic heterocycles. The van der Waals surface area contributed by atoms with Gasteiger partial charge < -0.3 is 15.2 Å². The van der Waals surface area contributed by atoms with Gasteiger partial charge in [-0.05, 0) is 57.0 Å². The molecule has 1 aromatic heterocycles. The van der Waals surface area contributed by atoms with Crippen LogP contribution < -0.4 is 15.5 Å². The Balaban J connectivity index is 1.71. The van der Waals surface area contributed by atoms with Crippen LogP contribution in [0.15, 0.2) is 30.5 Å². The van der Waals surface area contributed by atoms with Crippen molar-refractivity contribution >= 4 is 17.0 Å². The Hall–Kier alpha value is -2.38. The Bertz CT molecular complexity index is 865. The number of fused-ring (bicyclic) bond motifs is 1. The molecule has 29 heavy (non-hydrogen) atoms. The number of hydrogen-bond acceptors (Lipinski definition) is 4. The van der Waals surface area contributed by atoms with E-state index in [0.717, 1.165) is 55.5 Å². The van der Waals surface area contributed by atoms with Gasteiger partial charge in [-0.3, -0.25) is 4.98 Å². The van der Waals surface area contributed by atoms with E-state index < -0.39 is 6.09 Å². The van der Waals surface area contributed by atoms with Crippen molar-refractivity contribution in [3.8, 4) is 5.75 Å². The van der Waals surface area contributed by atoms with Crippen LogP contribution in [-0.4, -0.2) is 52.6 Å². The normalized spacial score (nSPS) is 22.8. The summed E-state index contributed by atoms with van der Waals surface area (Å²) in [5.74, 6) is 0.827. The molecular formula is C22H33N4O3+. The van der Waals surface area contributed by atoms with Crippen molar-refractivity contribution in [2.45, 2.75) is 58.2 Å². The zero-order chi connectivity index (χ0) is 21.1. The Morgan fingerprint density at radius 1 is 1.28 bits per heavy atom. The molecular weight excluding hydrogens is 368 g/mol. The number of likely N-dealkylation sites (tertiary alicyclic amines) is 1. The van der Waals surface area contributed by atoms with Crippen LogP contribution >= 0.6 is 0 Å². The molecule has 1 saturated heterocycles. The molecule has 1 fully saturated rings. The van der Waals surface area contributed by atoms with Crippen molar-refractivity contribution in [2.75, 3.05) is 20.2 Å². The number of carboxylic acid groups (broad SMARTS) is 1. The lowest BCUT2D eigenvalue weighted by molar-refractivity contribution is -1.00. The first-order chi connectivity index (χ1) is 13.7. The minimum atomic E-state index is -0.955. The number of ether oxygens (including phenoxy) is 1. The Labute approximate surface area is 172 Å². The van der Waals surface area contributed by atoms with Gasteiger partial charge in [0.25, 0.3) is 0 Å². The van der Waals surface area contributed by atoms with Gasteiger partial charge >= 0.3 is 6.09 Å². The van der Waals surface area contributed by atoms with Gasteiger partial charge in [0, 0.05) is 37.0 Å². The molecule has 1 aromatic carbocycles. The van der Waals surface area contributed by atoms with E-state index in [1.165, 1.54) is 5.56 Å². The second-order valence-corrected chi connectivity index (χ2v) is 8.86. The maximum atomic E-state index is 11.4. The molecule has 1 amide bonds. The van der Waals surface area contributed by atoms with Gasteiger partial charge in [-0.1, -0.05) is 0 Å². The largest absolute Gasteiger partial charge is 0.497 e. The lowest BCUT2D eigenvalue weighted by Crippen LogP contribution is -2.69. The second-order valence-electron chi connectivity index (χ2n) is 8.86. The number of nitrogens with zero attached hydrogens (tertiary/aromatic N) is 2. The van der Waals surface area contributed by atoms with E-state index in [2.05, 4.69) is 36.5 Å². The maximum absolute atomic E-state index is 11.4. The number of hydrogen-bond donors (Lipinski definition) is 3. The van der Waals surface area contributed by atoms with Crippen molar-refractivity contribution in [3.63, 3.8) is 0 Å². The van der Waals surface area contributed by atoms with Crippen LogP contribution in [0.25, 0.3) is 10.9 Å². The third kappa shape index (κ3) is 4.79. The molecule has 2 unspecified atom stereocenters. The smallest absolute Gasteiger partial charge is 0.449 e. The molecule has 0 aliphatic carbocycles. The van der Waals surface area contributed by atoms with Gasteiger partial charge in [-0.15, -0.1) is 0 Å². The quantitative estimate of drug-likeness (QED) is 0.666. The lowest BCUT2D eigenvalue weighted by atomic mass is 10.0. The van der Waals surface area contributed by atoms with Gasteiger partial charge in [0.15, 0.2) is 0 Å². The van der Waals surface area contributed by atoms with Crippen molar-refractivity contribution in [1.82, 2.24) is 15.7 Å². The Morgan fingerprint density at radius 3 is 2.76 bits per heavy atom. The van der Waals surface area contributed by atoms with Crippen LogP contribution in [-0.2, 0) is 6.54 Å². The lowest BCUT2D eigenvalue weighted by Gasteiger charge is -2.46. The average molecular weight is 402 g/mol. The summed E-state index contributed by atoms with van der Waals surface area (Å²) in [6.07, 6.45) is 3.81. The van der Waals surface area contributed by atoms with Crippen molar-refractivity contribution in [2.24, 2.45) is 0 Å². The number of pyridine rings is 1.